The van der Waals surface area contributed by atoms with E-state index in [9.17, 15) is 13.2 Å². The highest BCUT2D eigenvalue weighted by Gasteiger charge is 2.23. The predicted octanol–water partition coefficient (Wildman–Crippen LogP) is 7.63. The molecule has 0 nitrogen and oxygen atoms in total. The minimum absolute atomic E-state index is 0.242. The molecule has 0 heterocycles. The third kappa shape index (κ3) is 4.69. The van der Waals surface area contributed by atoms with E-state index in [1.54, 1.807) is 12.1 Å². The molecule has 0 N–H and O–H groups in total. The van der Waals surface area contributed by atoms with Gasteiger partial charge in [-0.3, -0.25) is 0 Å². The zero-order valence-electron chi connectivity index (χ0n) is 15.4. The van der Waals surface area contributed by atoms with Crippen molar-refractivity contribution in [3.63, 3.8) is 0 Å². The van der Waals surface area contributed by atoms with Crippen molar-refractivity contribution < 1.29 is 13.2 Å². The first-order valence-corrected chi connectivity index (χ1v) is 9.82. The van der Waals surface area contributed by atoms with Crippen LogP contribution in [0, 0.1) is 23.4 Å². The smallest absolute Gasteiger partial charge is 0.131 e. The Morgan fingerprint density at radius 2 is 1.54 bits per heavy atom. The molecule has 1 fully saturated rings. The molecule has 2 aromatic rings. The van der Waals surface area contributed by atoms with Crippen molar-refractivity contribution in [3.8, 4) is 11.1 Å². The number of hydrogen-bond acceptors (Lipinski definition) is 0. The van der Waals surface area contributed by atoms with Gasteiger partial charge in [0.2, 0.25) is 0 Å². The Labute approximate surface area is 154 Å². The van der Waals surface area contributed by atoms with Crippen LogP contribution in [0.2, 0.25) is 0 Å². The Morgan fingerprint density at radius 3 is 2.15 bits per heavy atom. The standard InChI is InChI=1S/C23H27F3/c1-2-3-4-5-16-6-8-17(9-7-16)18-10-11-22(23(26)14-18)19-12-20(24)15-21(25)13-19/h10-17H,2-9H2,1H3/t16-,17-. The van der Waals surface area contributed by atoms with Crippen LogP contribution in [-0.4, -0.2) is 0 Å². The van der Waals surface area contributed by atoms with Crippen molar-refractivity contribution in [1.29, 1.82) is 0 Å². The molecule has 0 radical (unpaired) electrons. The molecule has 0 aromatic heterocycles. The minimum atomic E-state index is -0.690. The van der Waals surface area contributed by atoms with Crippen LogP contribution in [-0.2, 0) is 0 Å². The Balaban J connectivity index is 1.67. The van der Waals surface area contributed by atoms with E-state index < -0.39 is 17.5 Å². The van der Waals surface area contributed by atoms with Crippen molar-refractivity contribution in [2.45, 2.75) is 64.2 Å². The second kappa shape index (κ2) is 8.75. The summed E-state index contributed by atoms with van der Waals surface area (Å²) in [6, 6.07) is 8.27. The maximum Gasteiger partial charge on any atom is 0.131 e. The van der Waals surface area contributed by atoms with Gasteiger partial charge in [-0.05, 0) is 66.8 Å². The van der Waals surface area contributed by atoms with Gasteiger partial charge >= 0.3 is 0 Å². The van der Waals surface area contributed by atoms with E-state index in [-0.39, 0.29) is 11.1 Å². The maximum absolute atomic E-state index is 14.6. The van der Waals surface area contributed by atoms with E-state index in [0.717, 1.165) is 30.4 Å². The van der Waals surface area contributed by atoms with E-state index in [1.165, 1.54) is 50.7 Å². The van der Waals surface area contributed by atoms with Crippen LogP contribution < -0.4 is 0 Å². The Kier molecular flexibility index (Phi) is 6.39. The zero-order valence-corrected chi connectivity index (χ0v) is 15.4. The number of hydrogen-bond donors (Lipinski definition) is 0. The molecule has 26 heavy (non-hydrogen) atoms. The van der Waals surface area contributed by atoms with Gasteiger partial charge in [0.05, 0.1) is 0 Å². The normalized spacial score (nSPS) is 20.3. The maximum atomic E-state index is 14.6. The summed E-state index contributed by atoms with van der Waals surface area (Å²) in [5.41, 5.74) is 1.50. The summed E-state index contributed by atoms with van der Waals surface area (Å²) in [6.45, 7) is 2.23. The summed E-state index contributed by atoms with van der Waals surface area (Å²) in [7, 11) is 0. The summed E-state index contributed by atoms with van der Waals surface area (Å²) in [6.07, 6.45) is 9.84. The van der Waals surface area contributed by atoms with Crippen LogP contribution in [0.5, 0.6) is 0 Å². The molecule has 0 saturated heterocycles. The van der Waals surface area contributed by atoms with E-state index >= 15 is 0 Å². The van der Waals surface area contributed by atoms with Crippen molar-refractivity contribution in [2.24, 2.45) is 5.92 Å². The lowest BCUT2D eigenvalue weighted by molar-refractivity contribution is 0.302. The van der Waals surface area contributed by atoms with Gasteiger partial charge in [-0.1, -0.05) is 44.7 Å². The first-order chi connectivity index (χ1) is 12.6. The molecule has 0 aliphatic heterocycles. The largest absolute Gasteiger partial charge is 0.207 e. The molecule has 0 amide bonds. The van der Waals surface area contributed by atoms with Gasteiger partial charge in [0, 0.05) is 11.6 Å². The number of halogens is 3. The molecule has 2 aromatic carbocycles. The van der Waals surface area contributed by atoms with Crippen molar-refractivity contribution in [2.75, 3.05) is 0 Å². The average Bonchev–Trinajstić information content (AvgIpc) is 2.61. The van der Waals surface area contributed by atoms with E-state index in [1.807, 2.05) is 6.07 Å². The van der Waals surface area contributed by atoms with Gasteiger partial charge in [-0.15, -0.1) is 0 Å². The Morgan fingerprint density at radius 1 is 0.846 bits per heavy atom. The molecule has 3 rings (SSSR count). The summed E-state index contributed by atoms with van der Waals surface area (Å²) in [4.78, 5) is 0. The summed E-state index contributed by atoms with van der Waals surface area (Å²) in [5, 5.41) is 0. The van der Waals surface area contributed by atoms with E-state index in [4.69, 9.17) is 0 Å². The Bertz CT molecular complexity index is 710. The SMILES string of the molecule is CCCCC[C@H]1CC[C@H](c2ccc(-c3cc(F)cc(F)c3)c(F)c2)CC1. The fourth-order valence-corrected chi connectivity index (χ4v) is 4.20. The molecule has 1 aliphatic carbocycles. The lowest BCUT2D eigenvalue weighted by Crippen LogP contribution is -2.13. The van der Waals surface area contributed by atoms with E-state index in [0.29, 0.717) is 5.92 Å². The molecule has 3 heteroatoms. The van der Waals surface area contributed by atoms with Gasteiger partial charge in [0.1, 0.15) is 17.5 Å². The summed E-state index contributed by atoms with van der Waals surface area (Å²) in [5.74, 6) is -0.574. The summed E-state index contributed by atoms with van der Waals surface area (Å²) < 4.78 is 41.4. The van der Waals surface area contributed by atoms with Gasteiger partial charge in [-0.2, -0.15) is 0 Å². The zero-order chi connectivity index (χ0) is 18.5. The second-order valence-electron chi connectivity index (χ2n) is 7.61. The molecule has 1 saturated carbocycles. The van der Waals surface area contributed by atoms with Gasteiger partial charge in [0.15, 0.2) is 0 Å². The van der Waals surface area contributed by atoms with Crippen LogP contribution in [0.4, 0.5) is 13.2 Å². The summed E-state index contributed by atoms with van der Waals surface area (Å²) >= 11 is 0. The monoisotopic (exact) mass is 360 g/mol. The second-order valence-corrected chi connectivity index (χ2v) is 7.61. The van der Waals surface area contributed by atoms with Crippen LogP contribution in [0.1, 0.15) is 69.8 Å². The number of benzene rings is 2. The quantitative estimate of drug-likeness (QED) is 0.465. The minimum Gasteiger partial charge on any atom is -0.207 e. The lowest BCUT2D eigenvalue weighted by Gasteiger charge is -2.29. The highest BCUT2D eigenvalue weighted by atomic mass is 19.1. The third-order valence-electron chi connectivity index (χ3n) is 5.70. The molecule has 0 unspecified atom stereocenters. The van der Waals surface area contributed by atoms with Crippen molar-refractivity contribution in [3.05, 3.63) is 59.4 Å². The molecule has 1 aliphatic rings. The van der Waals surface area contributed by atoms with Gasteiger partial charge < -0.3 is 0 Å². The first kappa shape index (κ1) is 19.0. The third-order valence-corrected chi connectivity index (χ3v) is 5.70. The molecular formula is C23H27F3. The van der Waals surface area contributed by atoms with Gasteiger partial charge in [0.25, 0.3) is 0 Å². The van der Waals surface area contributed by atoms with Crippen molar-refractivity contribution >= 4 is 0 Å². The fourth-order valence-electron chi connectivity index (χ4n) is 4.20. The van der Waals surface area contributed by atoms with Crippen LogP contribution in [0.15, 0.2) is 36.4 Å². The fraction of sp³-hybridized carbons (Fsp3) is 0.478. The molecule has 140 valence electrons. The number of rotatable bonds is 6. The predicted molar refractivity (Wildman–Crippen MR) is 101 cm³/mol. The molecule has 0 atom stereocenters. The van der Waals surface area contributed by atoms with Crippen LogP contribution in [0.3, 0.4) is 0 Å². The molecular weight excluding hydrogens is 333 g/mol. The topological polar surface area (TPSA) is 0 Å². The van der Waals surface area contributed by atoms with Crippen LogP contribution in [0.25, 0.3) is 11.1 Å². The van der Waals surface area contributed by atoms with Gasteiger partial charge in [-0.25, -0.2) is 13.2 Å². The first-order valence-electron chi connectivity index (χ1n) is 9.82. The Hall–Kier alpha value is -1.77. The average molecular weight is 360 g/mol. The van der Waals surface area contributed by atoms with E-state index in [2.05, 4.69) is 6.92 Å². The van der Waals surface area contributed by atoms with Crippen LogP contribution >= 0.6 is 0 Å². The molecule has 0 spiro atoms. The lowest BCUT2D eigenvalue weighted by atomic mass is 9.77. The highest BCUT2D eigenvalue weighted by molar-refractivity contribution is 5.64. The molecule has 0 bridgehead atoms. The number of unbranched alkanes of at least 4 members (excludes halogenated alkanes) is 2. The highest BCUT2D eigenvalue weighted by Crippen LogP contribution is 2.39. The van der Waals surface area contributed by atoms with Crippen molar-refractivity contribution in [1.82, 2.24) is 0 Å².